The van der Waals surface area contributed by atoms with E-state index in [9.17, 15) is 18.0 Å². The van der Waals surface area contributed by atoms with Gasteiger partial charge in [0.2, 0.25) is 0 Å². The summed E-state index contributed by atoms with van der Waals surface area (Å²) in [6.07, 6.45) is -2.76. The maximum absolute atomic E-state index is 12.5. The van der Waals surface area contributed by atoms with Gasteiger partial charge in [0.1, 0.15) is 6.54 Å². The third-order valence-electron chi connectivity index (χ3n) is 2.78. The molecule has 0 aliphatic heterocycles. The molecule has 0 aromatic heterocycles. The maximum Gasteiger partial charge on any atom is 0.405 e. The summed E-state index contributed by atoms with van der Waals surface area (Å²) in [5.74, 6) is -1.09. The van der Waals surface area contributed by atoms with Gasteiger partial charge in [0.05, 0.1) is 5.56 Å². The Morgan fingerprint density at radius 1 is 1.28 bits per heavy atom. The van der Waals surface area contributed by atoms with Crippen LogP contribution in [0.1, 0.15) is 23.2 Å². The van der Waals surface area contributed by atoms with E-state index in [1.54, 1.807) is 0 Å². The summed E-state index contributed by atoms with van der Waals surface area (Å²) < 4.78 is 37.4. The molecule has 98 valence electrons. The molecule has 0 atom stereocenters. The Labute approximate surface area is 102 Å². The van der Waals surface area contributed by atoms with Crippen LogP contribution < -0.4 is 4.90 Å². The maximum atomic E-state index is 12.5. The van der Waals surface area contributed by atoms with Gasteiger partial charge in [0, 0.05) is 11.7 Å². The molecule has 0 spiro atoms. The molecule has 0 bridgehead atoms. The number of carbonyl (C=O) groups is 1. The van der Waals surface area contributed by atoms with Crippen LogP contribution in [0.3, 0.4) is 0 Å². The number of nitrogens with zero attached hydrogens (tertiary/aromatic N) is 1. The number of anilines is 1. The zero-order valence-corrected chi connectivity index (χ0v) is 9.44. The van der Waals surface area contributed by atoms with Crippen molar-refractivity contribution < 1.29 is 23.1 Å². The average molecular weight is 259 g/mol. The van der Waals surface area contributed by atoms with E-state index in [4.69, 9.17) is 5.11 Å². The van der Waals surface area contributed by atoms with Gasteiger partial charge < -0.3 is 10.0 Å². The normalized spacial score (nSPS) is 15.5. The van der Waals surface area contributed by atoms with Crippen molar-refractivity contribution in [2.45, 2.75) is 25.1 Å². The van der Waals surface area contributed by atoms with Crippen molar-refractivity contribution >= 4 is 11.7 Å². The molecule has 3 nitrogen and oxygen atoms in total. The fourth-order valence-corrected chi connectivity index (χ4v) is 1.81. The van der Waals surface area contributed by atoms with Crippen molar-refractivity contribution in [2.75, 3.05) is 11.4 Å². The first-order valence-corrected chi connectivity index (χ1v) is 5.53. The van der Waals surface area contributed by atoms with Gasteiger partial charge >= 0.3 is 12.1 Å². The molecule has 0 heterocycles. The van der Waals surface area contributed by atoms with Crippen LogP contribution in [0.5, 0.6) is 0 Å². The number of halogens is 3. The second kappa shape index (κ2) is 4.51. The predicted molar refractivity (Wildman–Crippen MR) is 59.8 cm³/mol. The van der Waals surface area contributed by atoms with E-state index in [2.05, 4.69) is 0 Å². The van der Waals surface area contributed by atoms with E-state index in [-0.39, 0.29) is 11.6 Å². The van der Waals surface area contributed by atoms with E-state index in [0.29, 0.717) is 5.69 Å². The van der Waals surface area contributed by atoms with Gasteiger partial charge in [-0.05, 0) is 37.1 Å². The zero-order valence-electron chi connectivity index (χ0n) is 9.44. The third-order valence-corrected chi connectivity index (χ3v) is 2.78. The van der Waals surface area contributed by atoms with Gasteiger partial charge in [0.15, 0.2) is 0 Å². The number of carboxylic acids is 1. The Hall–Kier alpha value is -1.72. The molecule has 1 saturated carbocycles. The average Bonchev–Trinajstić information content (AvgIpc) is 3.08. The number of hydrogen-bond acceptors (Lipinski definition) is 2. The minimum atomic E-state index is -4.26. The highest BCUT2D eigenvalue weighted by atomic mass is 19.4. The molecule has 1 aliphatic carbocycles. The first-order chi connectivity index (χ1) is 8.37. The smallest absolute Gasteiger partial charge is 0.405 e. The number of benzene rings is 1. The lowest BCUT2D eigenvalue weighted by Gasteiger charge is -2.25. The van der Waals surface area contributed by atoms with E-state index < -0.39 is 18.7 Å². The van der Waals surface area contributed by atoms with Gasteiger partial charge in [-0.1, -0.05) is 0 Å². The predicted octanol–water partition coefficient (Wildman–Crippen LogP) is 2.92. The summed E-state index contributed by atoms with van der Waals surface area (Å²) in [6, 6.07) is 5.41. The number of aromatic carboxylic acids is 1. The van der Waals surface area contributed by atoms with Crippen molar-refractivity contribution in [3.63, 3.8) is 0 Å². The Morgan fingerprint density at radius 2 is 1.83 bits per heavy atom. The summed E-state index contributed by atoms with van der Waals surface area (Å²) in [6.45, 7) is -0.996. The Balaban J connectivity index is 2.18. The zero-order chi connectivity index (χ0) is 13.3. The van der Waals surface area contributed by atoms with Crippen LogP contribution in [-0.4, -0.2) is 29.8 Å². The summed E-state index contributed by atoms with van der Waals surface area (Å²) in [5.41, 5.74) is 0.487. The van der Waals surface area contributed by atoms with Gasteiger partial charge in [-0.15, -0.1) is 0 Å². The van der Waals surface area contributed by atoms with Gasteiger partial charge in [-0.2, -0.15) is 13.2 Å². The van der Waals surface area contributed by atoms with Gasteiger partial charge in [-0.25, -0.2) is 4.79 Å². The van der Waals surface area contributed by atoms with Crippen LogP contribution >= 0.6 is 0 Å². The first kappa shape index (κ1) is 12.7. The largest absolute Gasteiger partial charge is 0.478 e. The molecule has 0 radical (unpaired) electrons. The van der Waals surface area contributed by atoms with Crippen LogP contribution in [0.15, 0.2) is 24.3 Å². The first-order valence-electron chi connectivity index (χ1n) is 5.53. The molecule has 1 aliphatic rings. The van der Waals surface area contributed by atoms with Crippen LogP contribution in [0, 0.1) is 0 Å². The van der Waals surface area contributed by atoms with Crippen molar-refractivity contribution in [1.29, 1.82) is 0 Å². The van der Waals surface area contributed by atoms with Gasteiger partial charge in [0.25, 0.3) is 0 Å². The fraction of sp³-hybridized carbons (Fsp3) is 0.417. The van der Waals surface area contributed by atoms with E-state index in [1.165, 1.54) is 29.2 Å². The molecule has 0 amide bonds. The second-order valence-corrected chi connectivity index (χ2v) is 4.33. The van der Waals surface area contributed by atoms with E-state index >= 15 is 0 Å². The fourth-order valence-electron chi connectivity index (χ4n) is 1.81. The van der Waals surface area contributed by atoms with Crippen molar-refractivity contribution in [3.05, 3.63) is 29.8 Å². The lowest BCUT2D eigenvalue weighted by Crippen LogP contribution is -2.35. The molecule has 18 heavy (non-hydrogen) atoms. The summed E-state index contributed by atoms with van der Waals surface area (Å²) in [5, 5.41) is 8.73. The van der Waals surface area contributed by atoms with E-state index in [0.717, 1.165) is 12.8 Å². The molecule has 0 saturated heterocycles. The Morgan fingerprint density at radius 3 is 2.22 bits per heavy atom. The van der Waals surface area contributed by atoms with Crippen LogP contribution in [0.2, 0.25) is 0 Å². The highest BCUT2D eigenvalue weighted by molar-refractivity contribution is 5.88. The van der Waals surface area contributed by atoms with Crippen molar-refractivity contribution in [1.82, 2.24) is 0 Å². The van der Waals surface area contributed by atoms with Crippen LogP contribution in [0.4, 0.5) is 18.9 Å². The SMILES string of the molecule is O=C(O)c1ccc(N(CC(F)(F)F)C2CC2)cc1. The number of carboxylic acid groups (broad SMARTS) is 1. The standard InChI is InChI=1S/C12H12F3NO2/c13-12(14,15)7-16(10-5-6-10)9-3-1-8(2-4-9)11(17)18/h1-4,10H,5-7H2,(H,17,18). The molecule has 6 heteroatoms. The van der Waals surface area contributed by atoms with Gasteiger partial charge in [-0.3, -0.25) is 0 Å². The summed E-state index contributed by atoms with van der Waals surface area (Å²) in [4.78, 5) is 11.9. The monoisotopic (exact) mass is 259 g/mol. The lowest BCUT2D eigenvalue weighted by molar-refractivity contribution is -0.120. The summed E-state index contributed by atoms with van der Waals surface area (Å²) in [7, 11) is 0. The Bertz CT molecular complexity index is 438. The molecule has 1 N–H and O–H groups in total. The summed E-state index contributed by atoms with van der Waals surface area (Å²) >= 11 is 0. The number of hydrogen-bond donors (Lipinski definition) is 1. The molecular weight excluding hydrogens is 247 g/mol. The highest BCUT2D eigenvalue weighted by Crippen LogP contribution is 2.34. The van der Waals surface area contributed by atoms with E-state index in [1.807, 2.05) is 0 Å². The van der Waals surface area contributed by atoms with Crippen molar-refractivity contribution in [3.8, 4) is 0 Å². The minimum absolute atomic E-state index is 0.0708. The molecule has 1 aromatic carbocycles. The second-order valence-electron chi connectivity index (χ2n) is 4.33. The lowest BCUT2D eigenvalue weighted by atomic mass is 10.2. The molecule has 1 aromatic rings. The molecule has 1 fully saturated rings. The Kier molecular flexibility index (Phi) is 3.19. The number of rotatable bonds is 4. The highest BCUT2D eigenvalue weighted by Gasteiger charge is 2.38. The quantitative estimate of drug-likeness (QED) is 0.903. The minimum Gasteiger partial charge on any atom is -0.478 e. The van der Waals surface area contributed by atoms with Crippen molar-refractivity contribution in [2.24, 2.45) is 0 Å². The third kappa shape index (κ3) is 3.15. The number of alkyl halides is 3. The molecule has 2 rings (SSSR count). The van der Waals surface area contributed by atoms with Crippen LogP contribution in [-0.2, 0) is 0 Å². The topological polar surface area (TPSA) is 40.5 Å². The molecular formula is C12H12F3NO2. The molecule has 0 unspecified atom stereocenters. The van der Waals surface area contributed by atoms with Crippen LogP contribution in [0.25, 0.3) is 0 Å².